The van der Waals surface area contributed by atoms with Gasteiger partial charge in [0.25, 0.3) is 11.6 Å². The fourth-order valence-corrected chi connectivity index (χ4v) is 2.01. The third kappa shape index (κ3) is 4.53. The molecule has 1 atom stereocenters. The van der Waals surface area contributed by atoms with Gasteiger partial charge in [-0.1, -0.05) is 26.8 Å². The van der Waals surface area contributed by atoms with Crippen LogP contribution in [0.3, 0.4) is 0 Å². The fraction of sp³-hybridized carbons (Fsp3) is 0.533. The van der Waals surface area contributed by atoms with Crippen LogP contribution in [-0.4, -0.2) is 30.6 Å². The van der Waals surface area contributed by atoms with Gasteiger partial charge in [-0.15, -0.1) is 0 Å². The predicted molar refractivity (Wildman–Crippen MR) is 80.4 cm³/mol. The molecule has 0 heterocycles. The van der Waals surface area contributed by atoms with Crippen LogP contribution in [0, 0.1) is 22.5 Å². The van der Waals surface area contributed by atoms with E-state index >= 15 is 0 Å². The maximum Gasteiger partial charge on any atom is 0.282 e. The predicted octanol–water partition coefficient (Wildman–Crippen LogP) is 2.69. The molecule has 0 aliphatic carbocycles. The van der Waals surface area contributed by atoms with E-state index in [0.29, 0.717) is 6.54 Å². The monoisotopic (exact) mass is 294 g/mol. The van der Waals surface area contributed by atoms with E-state index in [0.717, 1.165) is 5.56 Å². The van der Waals surface area contributed by atoms with Gasteiger partial charge in [-0.2, -0.15) is 0 Å². The highest BCUT2D eigenvalue weighted by atomic mass is 16.6. The quantitative estimate of drug-likeness (QED) is 0.668. The number of aryl methyl sites for hydroxylation is 1. The number of amides is 1. The van der Waals surface area contributed by atoms with Crippen molar-refractivity contribution in [1.82, 2.24) is 5.32 Å². The van der Waals surface area contributed by atoms with Crippen molar-refractivity contribution in [3.05, 3.63) is 39.4 Å². The molecule has 0 saturated heterocycles. The van der Waals surface area contributed by atoms with Crippen LogP contribution in [-0.2, 0) is 4.74 Å². The average Bonchev–Trinajstić information content (AvgIpc) is 2.37. The SMILES string of the molecule is CO[C@H](CNC(=O)c1cc(C)ccc1[N+](=O)[O-])C(C)(C)C. The number of nitrogens with one attached hydrogen (secondary N) is 1. The molecule has 116 valence electrons. The van der Waals surface area contributed by atoms with Gasteiger partial charge in [-0.05, 0) is 24.0 Å². The van der Waals surface area contributed by atoms with Gasteiger partial charge in [-0.3, -0.25) is 14.9 Å². The first-order chi connectivity index (χ1) is 9.66. The van der Waals surface area contributed by atoms with Crippen molar-refractivity contribution < 1.29 is 14.5 Å². The van der Waals surface area contributed by atoms with Crippen molar-refractivity contribution in [3.63, 3.8) is 0 Å². The Labute approximate surface area is 124 Å². The van der Waals surface area contributed by atoms with Crippen molar-refractivity contribution in [2.24, 2.45) is 5.41 Å². The topological polar surface area (TPSA) is 81.5 Å². The van der Waals surface area contributed by atoms with E-state index in [1.807, 2.05) is 20.8 Å². The summed E-state index contributed by atoms with van der Waals surface area (Å²) in [6, 6.07) is 4.48. The molecule has 0 aliphatic heterocycles. The third-order valence-electron chi connectivity index (χ3n) is 3.29. The first-order valence-corrected chi connectivity index (χ1v) is 6.73. The van der Waals surface area contributed by atoms with Crippen LogP contribution in [0.15, 0.2) is 18.2 Å². The van der Waals surface area contributed by atoms with Crippen LogP contribution >= 0.6 is 0 Å². The lowest BCUT2D eigenvalue weighted by atomic mass is 9.89. The molecule has 6 nitrogen and oxygen atoms in total. The lowest BCUT2D eigenvalue weighted by molar-refractivity contribution is -0.385. The highest BCUT2D eigenvalue weighted by molar-refractivity contribution is 5.98. The molecule has 1 amide bonds. The maximum absolute atomic E-state index is 12.2. The zero-order valence-electron chi connectivity index (χ0n) is 13.1. The molecule has 0 unspecified atom stereocenters. The lowest BCUT2D eigenvalue weighted by Crippen LogP contribution is -2.40. The number of nitro groups is 1. The molecular weight excluding hydrogens is 272 g/mol. The maximum atomic E-state index is 12.2. The van der Waals surface area contributed by atoms with Crippen molar-refractivity contribution in [3.8, 4) is 0 Å². The van der Waals surface area contributed by atoms with Gasteiger partial charge in [0.2, 0.25) is 0 Å². The molecule has 0 saturated carbocycles. The minimum absolute atomic E-state index is 0.0729. The van der Waals surface area contributed by atoms with E-state index in [1.165, 1.54) is 12.1 Å². The van der Waals surface area contributed by atoms with Gasteiger partial charge in [-0.25, -0.2) is 0 Å². The first kappa shape index (κ1) is 17.1. The fourth-order valence-electron chi connectivity index (χ4n) is 2.01. The van der Waals surface area contributed by atoms with Crippen molar-refractivity contribution in [1.29, 1.82) is 0 Å². The number of methoxy groups -OCH3 is 1. The number of rotatable bonds is 5. The van der Waals surface area contributed by atoms with E-state index < -0.39 is 10.8 Å². The highest BCUT2D eigenvalue weighted by Gasteiger charge is 2.26. The Balaban J connectivity index is 2.90. The molecule has 0 spiro atoms. The minimum atomic E-state index is -0.550. The molecule has 6 heteroatoms. The summed E-state index contributed by atoms with van der Waals surface area (Å²) in [5.74, 6) is -0.461. The summed E-state index contributed by atoms with van der Waals surface area (Å²) in [4.78, 5) is 22.6. The van der Waals surface area contributed by atoms with Crippen molar-refractivity contribution in [2.75, 3.05) is 13.7 Å². The molecule has 0 radical (unpaired) electrons. The number of ether oxygens (including phenoxy) is 1. The summed E-state index contributed by atoms with van der Waals surface area (Å²) >= 11 is 0. The Hall–Kier alpha value is -1.95. The summed E-state index contributed by atoms with van der Waals surface area (Å²) in [7, 11) is 1.58. The van der Waals surface area contributed by atoms with Crippen LogP contribution in [0.5, 0.6) is 0 Å². The van der Waals surface area contributed by atoms with E-state index in [1.54, 1.807) is 20.1 Å². The molecule has 1 N–H and O–H groups in total. The summed E-state index contributed by atoms with van der Waals surface area (Å²) < 4.78 is 5.35. The second kappa shape index (κ2) is 6.67. The number of hydrogen-bond donors (Lipinski definition) is 1. The summed E-state index contributed by atoms with van der Waals surface area (Å²) in [5.41, 5.74) is 0.539. The van der Waals surface area contributed by atoms with Crippen LogP contribution < -0.4 is 5.32 Å². The van der Waals surface area contributed by atoms with Gasteiger partial charge in [0.05, 0.1) is 11.0 Å². The number of nitro benzene ring substituents is 1. The second-order valence-corrected chi connectivity index (χ2v) is 6.08. The first-order valence-electron chi connectivity index (χ1n) is 6.73. The Morgan fingerprint density at radius 1 is 1.43 bits per heavy atom. The van der Waals surface area contributed by atoms with Gasteiger partial charge in [0, 0.05) is 19.7 Å². The molecule has 21 heavy (non-hydrogen) atoms. The van der Waals surface area contributed by atoms with Crippen molar-refractivity contribution >= 4 is 11.6 Å². The summed E-state index contributed by atoms with van der Waals surface area (Å²) in [5, 5.41) is 13.7. The Morgan fingerprint density at radius 2 is 2.05 bits per heavy atom. The molecule has 0 aromatic heterocycles. The number of carbonyl (C=O) groups is 1. The van der Waals surface area contributed by atoms with E-state index in [-0.39, 0.29) is 22.8 Å². The van der Waals surface area contributed by atoms with Crippen LogP contribution in [0.4, 0.5) is 5.69 Å². The van der Waals surface area contributed by atoms with E-state index in [2.05, 4.69) is 5.32 Å². The van der Waals surface area contributed by atoms with Gasteiger partial charge in [0.1, 0.15) is 5.56 Å². The number of hydrogen-bond acceptors (Lipinski definition) is 4. The van der Waals surface area contributed by atoms with E-state index in [4.69, 9.17) is 4.74 Å². The summed E-state index contributed by atoms with van der Waals surface area (Å²) in [6.07, 6.45) is -0.176. The largest absolute Gasteiger partial charge is 0.379 e. The van der Waals surface area contributed by atoms with Crippen LogP contribution in [0.25, 0.3) is 0 Å². The van der Waals surface area contributed by atoms with E-state index in [9.17, 15) is 14.9 Å². The standard InChI is InChI=1S/C15H22N2O4/c1-10-6-7-12(17(19)20)11(8-10)14(18)16-9-13(21-5)15(2,3)4/h6-8,13H,9H2,1-5H3,(H,16,18)/t13-/m1/s1. The zero-order chi connectivity index (χ0) is 16.2. The molecule has 1 aromatic carbocycles. The minimum Gasteiger partial charge on any atom is -0.379 e. The van der Waals surface area contributed by atoms with Gasteiger partial charge < -0.3 is 10.1 Å². The molecular formula is C15H22N2O4. The van der Waals surface area contributed by atoms with Crippen molar-refractivity contribution in [2.45, 2.75) is 33.8 Å². The number of nitrogens with zero attached hydrogens (tertiary/aromatic N) is 1. The summed E-state index contributed by atoms with van der Waals surface area (Å²) in [6.45, 7) is 8.09. The molecule has 1 rings (SSSR count). The number of benzene rings is 1. The van der Waals surface area contributed by atoms with Crippen LogP contribution in [0.2, 0.25) is 0 Å². The zero-order valence-corrected chi connectivity index (χ0v) is 13.1. The van der Waals surface area contributed by atoms with Crippen LogP contribution in [0.1, 0.15) is 36.7 Å². The lowest BCUT2D eigenvalue weighted by Gasteiger charge is -2.29. The Kier molecular flexibility index (Phi) is 5.43. The van der Waals surface area contributed by atoms with Gasteiger partial charge >= 0.3 is 0 Å². The highest BCUT2D eigenvalue weighted by Crippen LogP contribution is 2.22. The second-order valence-electron chi connectivity index (χ2n) is 6.08. The molecule has 0 aliphatic rings. The molecule has 1 aromatic rings. The molecule has 0 fully saturated rings. The Morgan fingerprint density at radius 3 is 2.52 bits per heavy atom. The third-order valence-corrected chi connectivity index (χ3v) is 3.29. The van der Waals surface area contributed by atoms with Gasteiger partial charge in [0.15, 0.2) is 0 Å². The average molecular weight is 294 g/mol. The number of carbonyl (C=O) groups excluding carboxylic acids is 1. The normalized spacial score (nSPS) is 12.8. The smallest absolute Gasteiger partial charge is 0.282 e. The Bertz CT molecular complexity index is 535. The molecule has 0 bridgehead atoms.